The molecule has 0 radical (unpaired) electrons. The van der Waals surface area contributed by atoms with Crippen molar-refractivity contribution in [3.8, 4) is 0 Å². The lowest BCUT2D eigenvalue weighted by molar-refractivity contribution is -0.165. The van der Waals surface area contributed by atoms with Gasteiger partial charge in [-0.25, -0.2) is 4.79 Å². The molecule has 1 fully saturated rings. The molecule has 2 amide bonds. The fraction of sp³-hybridized carbons (Fsp3) is 0.500. The molecule has 1 aromatic rings. The van der Waals surface area contributed by atoms with E-state index in [2.05, 4.69) is 5.32 Å². The van der Waals surface area contributed by atoms with Crippen LogP contribution in [0.25, 0.3) is 0 Å². The van der Waals surface area contributed by atoms with Crippen LogP contribution in [-0.4, -0.2) is 58.1 Å². The van der Waals surface area contributed by atoms with Crippen molar-refractivity contribution in [2.24, 2.45) is 0 Å². The zero-order chi connectivity index (χ0) is 18.4. The molecule has 0 saturated carbocycles. The number of carboxylic acids is 1. The average molecular weight is 348 g/mol. The smallest absolute Gasteiger partial charge is 0.335 e. The minimum Gasteiger partial charge on any atom is -0.479 e. The number of nitrogens with one attached hydrogen (secondary N) is 1. The van der Waals surface area contributed by atoms with Crippen molar-refractivity contribution in [3.05, 3.63) is 35.4 Å². The van der Waals surface area contributed by atoms with E-state index in [4.69, 9.17) is 5.11 Å². The largest absolute Gasteiger partial charge is 0.479 e. The number of hydrogen-bond donors (Lipinski definition) is 3. The summed E-state index contributed by atoms with van der Waals surface area (Å²) in [4.78, 5) is 36.4. The van der Waals surface area contributed by atoms with Gasteiger partial charge < -0.3 is 20.4 Å². The summed E-state index contributed by atoms with van der Waals surface area (Å²) in [6.07, 6.45) is 0.898. The molecule has 7 heteroatoms. The molecule has 7 nitrogen and oxygen atoms in total. The van der Waals surface area contributed by atoms with Gasteiger partial charge in [-0.1, -0.05) is 29.8 Å². The molecule has 1 heterocycles. The number of benzene rings is 1. The monoisotopic (exact) mass is 348 g/mol. The number of amides is 2. The van der Waals surface area contributed by atoms with E-state index in [1.807, 2.05) is 31.2 Å². The van der Waals surface area contributed by atoms with Crippen molar-refractivity contribution in [3.63, 3.8) is 0 Å². The van der Waals surface area contributed by atoms with Crippen LogP contribution in [0, 0.1) is 6.92 Å². The van der Waals surface area contributed by atoms with Crippen LogP contribution in [-0.2, 0) is 20.8 Å². The Morgan fingerprint density at radius 3 is 2.32 bits per heavy atom. The third-order valence-corrected chi connectivity index (χ3v) is 4.54. The second-order valence-corrected chi connectivity index (χ2v) is 6.48. The van der Waals surface area contributed by atoms with Crippen molar-refractivity contribution in [1.29, 1.82) is 0 Å². The molecule has 0 aliphatic carbocycles. The molecule has 0 bridgehead atoms. The van der Waals surface area contributed by atoms with Crippen LogP contribution >= 0.6 is 0 Å². The van der Waals surface area contributed by atoms with E-state index in [1.54, 1.807) is 0 Å². The van der Waals surface area contributed by atoms with Crippen LogP contribution in [0.2, 0.25) is 0 Å². The van der Waals surface area contributed by atoms with E-state index in [0.29, 0.717) is 12.8 Å². The van der Waals surface area contributed by atoms with E-state index in [1.165, 1.54) is 4.90 Å². The molecule has 25 heavy (non-hydrogen) atoms. The van der Waals surface area contributed by atoms with Crippen LogP contribution in [0.3, 0.4) is 0 Å². The highest BCUT2D eigenvalue weighted by Gasteiger charge is 2.40. The predicted octanol–water partition coefficient (Wildman–Crippen LogP) is 0.482. The van der Waals surface area contributed by atoms with Crippen LogP contribution in [0.1, 0.15) is 30.4 Å². The number of likely N-dealkylation sites (tertiary alicyclic amines) is 1. The minimum absolute atomic E-state index is 0.00452. The zero-order valence-electron chi connectivity index (χ0n) is 14.3. The number of piperidine rings is 1. The lowest BCUT2D eigenvalue weighted by atomic mass is 9.91. The molecule has 2 rings (SSSR count). The zero-order valence-corrected chi connectivity index (χ0v) is 14.3. The summed E-state index contributed by atoms with van der Waals surface area (Å²) < 4.78 is 0. The Morgan fingerprint density at radius 2 is 1.76 bits per heavy atom. The Kier molecular flexibility index (Phi) is 6.14. The molecule has 0 spiro atoms. The molecule has 1 aliphatic heterocycles. The van der Waals surface area contributed by atoms with Gasteiger partial charge >= 0.3 is 5.97 Å². The van der Waals surface area contributed by atoms with Gasteiger partial charge in [0.1, 0.15) is 0 Å². The highest BCUT2D eigenvalue weighted by atomic mass is 16.4. The van der Waals surface area contributed by atoms with Crippen LogP contribution in [0.15, 0.2) is 24.3 Å². The first kappa shape index (κ1) is 18.9. The lowest BCUT2D eigenvalue weighted by Crippen LogP contribution is -2.52. The first-order chi connectivity index (χ1) is 11.8. The van der Waals surface area contributed by atoms with Gasteiger partial charge in [0.2, 0.25) is 11.8 Å². The fourth-order valence-corrected chi connectivity index (χ4v) is 2.73. The molecular weight excluding hydrogens is 324 g/mol. The Hall–Kier alpha value is -2.41. The number of rotatable bonds is 6. The predicted molar refractivity (Wildman–Crippen MR) is 90.9 cm³/mol. The molecule has 136 valence electrons. The lowest BCUT2D eigenvalue weighted by Gasteiger charge is -2.35. The quantitative estimate of drug-likeness (QED) is 0.693. The van der Waals surface area contributed by atoms with E-state index < -0.39 is 11.6 Å². The SMILES string of the molecule is Cc1ccc(CCC(=O)NCC(=O)N2CCC(O)(C(=O)O)CC2)cc1. The summed E-state index contributed by atoms with van der Waals surface area (Å²) in [5.74, 6) is -1.73. The molecule has 0 atom stereocenters. The highest BCUT2D eigenvalue weighted by Crippen LogP contribution is 2.22. The van der Waals surface area contributed by atoms with Crippen LogP contribution < -0.4 is 5.32 Å². The van der Waals surface area contributed by atoms with E-state index in [-0.39, 0.29) is 44.3 Å². The fourth-order valence-electron chi connectivity index (χ4n) is 2.73. The summed E-state index contributed by atoms with van der Waals surface area (Å²) in [6.45, 7) is 2.22. The summed E-state index contributed by atoms with van der Waals surface area (Å²) in [5.41, 5.74) is 0.472. The third kappa shape index (κ3) is 5.29. The maximum atomic E-state index is 12.1. The number of carboxylic acid groups (broad SMARTS) is 1. The number of aryl methyl sites for hydroxylation is 2. The number of carbonyl (C=O) groups is 3. The number of hydrogen-bond acceptors (Lipinski definition) is 4. The summed E-state index contributed by atoms with van der Waals surface area (Å²) in [5, 5.41) is 21.4. The second kappa shape index (κ2) is 8.11. The average Bonchev–Trinajstić information content (AvgIpc) is 2.59. The van der Waals surface area contributed by atoms with Crippen molar-refractivity contribution in [1.82, 2.24) is 10.2 Å². The van der Waals surface area contributed by atoms with Crippen molar-refractivity contribution in [2.75, 3.05) is 19.6 Å². The van der Waals surface area contributed by atoms with Gasteiger partial charge in [-0.05, 0) is 18.9 Å². The van der Waals surface area contributed by atoms with Gasteiger partial charge in [-0.15, -0.1) is 0 Å². The number of nitrogens with zero attached hydrogens (tertiary/aromatic N) is 1. The van der Waals surface area contributed by atoms with Crippen LogP contribution in [0.5, 0.6) is 0 Å². The topological polar surface area (TPSA) is 107 Å². The normalized spacial score (nSPS) is 16.3. The first-order valence-electron chi connectivity index (χ1n) is 8.36. The van der Waals surface area contributed by atoms with E-state index in [9.17, 15) is 19.5 Å². The molecule has 0 unspecified atom stereocenters. The number of aliphatic carboxylic acids is 1. The van der Waals surface area contributed by atoms with E-state index in [0.717, 1.165) is 11.1 Å². The van der Waals surface area contributed by atoms with Crippen molar-refractivity contribution >= 4 is 17.8 Å². The third-order valence-electron chi connectivity index (χ3n) is 4.54. The molecule has 1 aromatic carbocycles. The highest BCUT2D eigenvalue weighted by molar-refractivity contribution is 5.85. The van der Waals surface area contributed by atoms with E-state index >= 15 is 0 Å². The molecular formula is C18H24N2O5. The minimum atomic E-state index is -1.76. The summed E-state index contributed by atoms with van der Waals surface area (Å²) in [6, 6.07) is 7.94. The molecule has 1 aliphatic rings. The molecule has 0 aromatic heterocycles. The van der Waals surface area contributed by atoms with Crippen LogP contribution in [0.4, 0.5) is 0 Å². The van der Waals surface area contributed by atoms with Crippen molar-refractivity contribution < 1.29 is 24.6 Å². The maximum absolute atomic E-state index is 12.1. The van der Waals surface area contributed by atoms with Crippen molar-refractivity contribution in [2.45, 2.75) is 38.2 Å². The summed E-state index contributed by atoms with van der Waals surface area (Å²) in [7, 11) is 0. The number of carbonyl (C=O) groups excluding carboxylic acids is 2. The van der Waals surface area contributed by atoms with Gasteiger partial charge in [0.05, 0.1) is 6.54 Å². The van der Waals surface area contributed by atoms with Gasteiger partial charge in [0.25, 0.3) is 0 Å². The molecule has 1 saturated heterocycles. The maximum Gasteiger partial charge on any atom is 0.335 e. The standard InChI is InChI=1S/C18H24N2O5/c1-13-2-4-14(5-3-13)6-7-15(21)19-12-16(22)20-10-8-18(25,9-11-20)17(23)24/h2-5,25H,6-12H2,1H3,(H,19,21)(H,23,24). The van der Waals surface area contributed by atoms with Gasteiger partial charge in [0, 0.05) is 32.4 Å². The van der Waals surface area contributed by atoms with Gasteiger partial charge in [-0.3, -0.25) is 9.59 Å². The van der Waals surface area contributed by atoms with Gasteiger partial charge in [0.15, 0.2) is 5.60 Å². The van der Waals surface area contributed by atoms with Gasteiger partial charge in [-0.2, -0.15) is 0 Å². The second-order valence-electron chi connectivity index (χ2n) is 6.48. The Labute approximate surface area is 146 Å². The Morgan fingerprint density at radius 1 is 1.16 bits per heavy atom. The Bertz CT molecular complexity index is 633. The number of aliphatic hydroxyl groups is 1. The molecule has 3 N–H and O–H groups in total. The summed E-state index contributed by atoms with van der Waals surface area (Å²) >= 11 is 0. The Balaban J connectivity index is 1.70. The first-order valence-corrected chi connectivity index (χ1v) is 8.36.